The SMILES string of the molecule is O=C(NCCN1C(=O)CSC1=O)c1cnc(Cl)cn1. The highest BCUT2D eigenvalue weighted by molar-refractivity contribution is 8.14. The Morgan fingerprint density at radius 3 is 2.79 bits per heavy atom. The Labute approximate surface area is 117 Å². The Hall–Kier alpha value is -1.67. The highest BCUT2D eigenvalue weighted by Crippen LogP contribution is 2.17. The van der Waals surface area contributed by atoms with Gasteiger partial charge in [-0.2, -0.15) is 0 Å². The smallest absolute Gasteiger partial charge is 0.288 e. The number of carbonyl (C=O) groups is 3. The maximum absolute atomic E-state index is 11.6. The van der Waals surface area contributed by atoms with Gasteiger partial charge >= 0.3 is 0 Å². The summed E-state index contributed by atoms with van der Waals surface area (Å²) in [6.07, 6.45) is 2.51. The molecule has 0 aromatic carbocycles. The largest absolute Gasteiger partial charge is 0.349 e. The molecule has 1 aromatic heterocycles. The molecule has 7 nitrogen and oxygen atoms in total. The van der Waals surface area contributed by atoms with Crippen molar-refractivity contribution in [3.63, 3.8) is 0 Å². The van der Waals surface area contributed by atoms with Crippen LogP contribution >= 0.6 is 23.4 Å². The van der Waals surface area contributed by atoms with Crippen LogP contribution in [0.15, 0.2) is 12.4 Å². The minimum atomic E-state index is -0.434. The van der Waals surface area contributed by atoms with Crippen LogP contribution in [0.3, 0.4) is 0 Å². The molecule has 1 aromatic rings. The van der Waals surface area contributed by atoms with Crippen LogP contribution in [0.25, 0.3) is 0 Å². The molecule has 3 amide bonds. The second-order valence-electron chi connectivity index (χ2n) is 3.58. The lowest BCUT2D eigenvalue weighted by Gasteiger charge is -2.12. The molecule has 0 spiro atoms. The van der Waals surface area contributed by atoms with Gasteiger partial charge < -0.3 is 5.32 Å². The van der Waals surface area contributed by atoms with Crippen molar-refractivity contribution in [3.05, 3.63) is 23.2 Å². The molecule has 2 rings (SSSR count). The molecule has 0 unspecified atom stereocenters. The number of nitrogens with zero attached hydrogens (tertiary/aromatic N) is 3. The number of imide groups is 1. The first-order valence-electron chi connectivity index (χ1n) is 5.31. The standard InChI is InChI=1S/C10H9ClN4O3S/c11-7-4-13-6(3-14-7)9(17)12-1-2-15-8(16)5-19-10(15)18/h3-4H,1-2,5H2,(H,12,17). The first-order valence-corrected chi connectivity index (χ1v) is 6.67. The van der Waals surface area contributed by atoms with E-state index in [1.165, 1.54) is 12.4 Å². The molecule has 1 fully saturated rings. The van der Waals surface area contributed by atoms with Crippen LogP contribution in [0.1, 0.15) is 10.5 Å². The molecule has 1 saturated heterocycles. The van der Waals surface area contributed by atoms with E-state index >= 15 is 0 Å². The number of hydrogen-bond acceptors (Lipinski definition) is 6. The van der Waals surface area contributed by atoms with Crippen LogP contribution in [0.2, 0.25) is 5.15 Å². The Balaban J connectivity index is 1.82. The molecule has 19 heavy (non-hydrogen) atoms. The van der Waals surface area contributed by atoms with Gasteiger partial charge in [0.05, 0.1) is 18.1 Å². The van der Waals surface area contributed by atoms with Gasteiger partial charge in [0, 0.05) is 13.1 Å². The summed E-state index contributed by atoms with van der Waals surface area (Å²) in [5.41, 5.74) is 0.123. The second-order valence-corrected chi connectivity index (χ2v) is 4.89. The van der Waals surface area contributed by atoms with E-state index in [4.69, 9.17) is 11.6 Å². The van der Waals surface area contributed by atoms with Gasteiger partial charge in [0.2, 0.25) is 5.91 Å². The van der Waals surface area contributed by atoms with E-state index in [9.17, 15) is 14.4 Å². The highest BCUT2D eigenvalue weighted by atomic mass is 35.5. The fraction of sp³-hybridized carbons (Fsp3) is 0.300. The molecular weight excluding hydrogens is 292 g/mol. The molecule has 2 heterocycles. The molecule has 0 bridgehead atoms. The zero-order chi connectivity index (χ0) is 13.8. The normalized spacial score (nSPS) is 14.9. The van der Waals surface area contributed by atoms with E-state index in [1.54, 1.807) is 0 Å². The second kappa shape index (κ2) is 5.98. The summed E-state index contributed by atoms with van der Waals surface area (Å²) in [5, 5.41) is 2.46. The summed E-state index contributed by atoms with van der Waals surface area (Å²) < 4.78 is 0. The predicted molar refractivity (Wildman–Crippen MR) is 68.9 cm³/mol. The first-order chi connectivity index (χ1) is 9.08. The van der Waals surface area contributed by atoms with Crippen molar-refractivity contribution in [1.82, 2.24) is 20.2 Å². The lowest BCUT2D eigenvalue weighted by Crippen LogP contribution is -2.37. The van der Waals surface area contributed by atoms with Crippen LogP contribution in [0.4, 0.5) is 4.79 Å². The number of hydrogen-bond donors (Lipinski definition) is 1. The summed E-state index contributed by atoms with van der Waals surface area (Å²) in [6.45, 7) is 0.318. The molecule has 1 aliphatic heterocycles. The van der Waals surface area contributed by atoms with E-state index in [-0.39, 0.29) is 40.8 Å². The molecule has 1 aliphatic rings. The van der Waals surface area contributed by atoms with E-state index < -0.39 is 5.91 Å². The average Bonchev–Trinajstić information content (AvgIpc) is 2.71. The zero-order valence-corrected chi connectivity index (χ0v) is 11.2. The van der Waals surface area contributed by atoms with Crippen molar-refractivity contribution in [2.45, 2.75) is 0 Å². The van der Waals surface area contributed by atoms with Crippen LogP contribution in [0, 0.1) is 0 Å². The Morgan fingerprint density at radius 1 is 1.42 bits per heavy atom. The van der Waals surface area contributed by atoms with Crippen molar-refractivity contribution in [2.24, 2.45) is 0 Å². The van der Waals surface area contributed by atoms with Crippen LogP contribution in [0.5, 0.6) is 0 Å². The summed E-state index contributed by atoms with van der Waals surface area (Å²) in [6, 6.07) is 0. The van der Waals surface area contributed by atoms with Gasteiger partial charge in [-0.15, -0.1) is 0 Å². The third-order valence-electron chi connectivity index (χ3n) is 2.31. The number of amides is 3. The van der Waals surface area contributed by atoms with Crippen molar-refractivity contribution in [1.29, 1.82) is 0 Å². The molecule has 0 atom stereocenters. The van der Waals surface area contributed by atoms with Crippen molar-refractivity contribution in [2.75, 3.05) is 18.8 Å². The Kier molecular flexibility index (Phi) is 4.33. The van der Waals surface area contributed by atoms with E-state index in [1.807, 2.05) is 0 Å². The molecule has 0 radical (unpaired) electrons. The summed E-state index contributed by atoms with van der Waals surface area (Å²) in [7, 11) is 0. The minimum Gasteiger partial charge on any atom is -0.349 e. The minimum absolute atomic E-state index is 0.123. The molecule has 9 heteroatoms. The molecule has 1 N–H and O–H groups in total. The van der Waals surface area contributed by atoms with Gasteiger partial charge in [-0.1, -0.05) is 23.4 Å². The van der Waals surface area contributed by atoms with Crippen LogP contribution in [-0.2, 0) is 4.79 Å². The van der Waals surface area contributed by atoms with Crippen LogP contribution in [-0.4, -0.2) is 50.8 Å². The zero-order valence-electron chi connectivity index (χ0n) is 9.63. The molecule has 100 valence electrons. The summed E-state index contributed by atoms with van der Waals surface area (Å²) in [5.74, 6) is -0.512. The summed E-state index contributed by atoms with van der Waals surface area (Å²) in [4.78, 5) is 42.9. The summed E-state index contributed by atoms with van der Waals surface area (Å²) >= 11 is 6.51. The lowest BCUT2D eigenvalue weighted by molar-refractivity contribution is -0.124. The molecule has 0 saturated carbocycles. The Bertz CT molecular complexity index is 506. The third-order valence-corrected chi connectivity index (χ3v) is 3.37. The van der Waals surface area contributed by atoms with Gasteiger partial charge in [-0.25, -0.2) is 9.97 Å². The fourth-order valence-electron chi connectivity index (χ4n) is 1.40. The van der Waals surface area contributed by atoms with Crippen molar-refractivity contribution >= 4 is 40.4 Å². The van der Waals surface area contributed by atoms with Crippen molar-refractivity contribution in [3.8, 4) is 0 Å². The molecular formula is C10H9ClN4O3S. The lowest BCUT2D eigenvalue weighted by atomic mass is 10.4. The van der Waals surface area contributed by atoms with E-state index in [2.05, 4.69) is 15.3 Å². The monoisotopic (exact) mass is 300 g/mol. The van der Waals surface area contributed by atoms with E-state index in [0.29, 0.717) is 0 Å². The maximum atomic E-state index is 11.6. The number of rotatable bonds is 4. The van der Waals surface area contributed by atoms with Gasteiger partial charge in [0.25, 0.3) is 11.1 Å². The number of halogens is 1. The highest BCUT2D eigenvalue weighted by Gasteiger charge is 2.29. The van der Waals surface area contributed by atoms with Gasteiger partial charge in [-0.05, 0) is 0 Å². The quantitative estimate of drug-likeness (QED) is 0.873. The third kappa shape index (κ3) is 3.42. The van der Waals surface area contributed by atoms with Gasteiger partial charge in [0.1, 0.15) is 10.8 Å². The maximum Gasteiger partial charge on any atom is 0.288 e. The molecule has 0 aliphatic carbocycles. The Morgan fingerprint density at radius 2 is 2.21 bits per heavy atom. The van der Waals surface area contributed by atoms with Crippen molar-refractivity contribution < 1.29 is 14.4 Å². The first kappa shape index (κ1) is 13.8. The number of thioether (sulfide) groups is 1. The van der Waals surface area contributed by atoms with Gasteiger partial charge in [-0.3, -0.25) is 19.3 Å². The number of aromatic nitrogens is 2. The predicted octanol–water partition coefficient (Wildman–Crippen LogP) is 0.555. The fourth-order valence-corrected chi connectivity index (χ4v) is 2.25. The van der Waals surface area contributed by atoms with Gasteiger partial charge in [0.15, 0.2) is 0 Å². The van der Waals surface area contributed by atoms with Crippen LogP contribution < -0.4 is 5.32 Å². The van der Waals surface area contributed by atoms with E-state index in [0.717, 1.165) is 16.7 Å². The topological polar surface area (TPSA) is 92.3 Å². The number of carbonyl (C=O) groups excluding carboxylic acids is 3. The number of nitrogens with one attached hydrogen (secondary N) is 1. The average molecular weight is 301 g/mol.